The van der Waals surface area contributed by atoms with E-state index < -0.39 is 0 Å². The first-order chi connectivity index (χ1) is 2.00. The van der Waals surface area contributed by atoms with Crippen molar-refractivity contribution in [1.29, 1.82) is 0 Å². The van der Waals surface area contributed by atoms with Gasteiger partial charge in [-0.05, 0) is 0 Å². The third kappa shape index (κ3) is 35.8. The van der Waals surface area contributed by atoms with Gasteiger partial charge in [0, 0.05) is 0 Å². The molecule has 0 saturated heterocycles. The molecule has 0 amide bonds. The van der Waals surface area contributed by atoms with Crippen molar-refractivity contribution in [3.63, 3.8) is 0 Å². The molecular weight excluding hydrogens is 298 g/mol. The van der Waals surface area contributed by atoms with Crippen LogP contribution in [-0.2, 0) is 20.0 Å². The summed E-state index contributed by atoms with van der Waals surface area (Å²) >= 11 is 1.75. The zero-order valence-corrected chi connectivity index (χ0v) is 5.77. The second-order valence-corrected chi connectivity index (χ2v) is 0. The summed E-state index contributed by atoms with van der Waals surface area (Å²) < 4.78 is 0. The molecular formula is H3AuCl2NO-. The van der Waals surface area contributed by atoms with Gasteiger partial charge in [0.25, 0.3) is 0 Å². The predicted molar refractivity (Wildman–Crippen MR) is 19.2 cm³/mol. The van der Waals surface area contributed by atoms with Gasteiger partial charge in [-0.1, -0.05) is 0 Å². The van der Waals surface area contributed by atoms with E-state index >= 15 is 0 Å². The maximum absolute atomic E-state index is 6.25. The Kier molecular flexibility index (Phi) is 200. The molecule has 0 aromatic heterocycles. The Balaban J connectivity index is -0.0000000133. The predicted octanol–water partition coefficient (Wildman–Crippen LogP) is 1.54. The number of hydrogen-bond donors (Lipinski definition) is 1. The van der Waals surface area contributed by atoms with Crippen molar-refractivity contribution in [2.75, 3.05) is 0 Å². The average molecular weight is 301 g/mol. The first kappa shape index (κ1) is 16.3. The van der Waals surface area contributed by atoms with Gasteiger partial charge >= 0.3 is 29.2 Å². The van der Waals surface area contributed by atoms with Gasteiger partial charge in [-0.3, -0.25) is 0 Å². The summed E-state index contributed by atoms with van der Waals surface area (Å²) in [5.74, 6) is 4.75. The van der Waals surface area contributed by atoms with Gasteiger partial charge < -0.3 is 11.1 Å². The molecule has 0 fully saturated rings. The maximum Gasteiger partial charge on any atom is -0.502 e. The summed E-state index contributed by atoms with van der Waals surface area (Å²) in [5.41, 5.74) is 0. The fourth-order valence-corrected chi connectivity index (χ4v) is 0. The van der Waals surface area contributed by atoms with Crippen molar-refractivity contribution in [3.8, 4) is 0 Å². The fourth-order valence-electron chi connectivity index (χ4n) is 0. The molecule has 0 aliphatic carbocycles. The Morgan fingerprint density at radius 2 is 1.40 bits per heavy atom. The fraction of sp³-hybridized carbons (Fsp3) is 0. The molecule has 0 spiro atoms. The van der Waals surface area contributed by atoms with Crippen molar-refractivity contribution in [1.82, 2.24) is 0 Å². The molecule has 5 heavy (non-hydrogen) atoms. The number of rotatable bonds is 0. The van der Waals surface area contributed by atoms with Crippen molar-refractivity contribution in [3.05, 3.63) is 5.90 Å². The van der Waals surface area contributed by atoms with E-state index in [1.165, 1.54) is 0 Å². The summed E-state index contributed by atoms with van der Waals surface area (Å²) in [6.45, 7) is 0. The standard InChI is InChI=1S/Au.2ClH.H2NO/c;;;1-2/h;2*1H;1-2H/q+1;;;-1/p-1. The molecule has 0 heterocycles. The molecule has 2 N–H and O–H groups in total. The minimum Gasteiger partial charge on any atom is -0.553 e. The van der Waals surface area contributed by atoms with Gasteiger partial charge in [-0.2, -0.15) is 0 Å². The molecule has 0 aromatic carbocycles. The summed E-state index contributed by atoms with van der Waals surface area (Å²) in [5, 5.41) is 6.25. The molecule has 5 heteroatoms. The Morgan fingerprint density at radius 3 is 1.40 bits per heavy atom. The Morgan fingerprint density at radius 1 is 1.40 bits per heavy atom. The van der Waals surface area contributed by atoms with E-state index in [2.05, 4.69) is 9.19 Å². The van der Waals surface area contributed by atoms with Crippen LogP contribution in [0.5, 0.6) is 0 Å². The molecule has 0 aliphatic heterocycles. The van der Waals surface area contributed by atoms with Gasteiger partial charge in [0.05, 0.1) is 0 Å². The molecule has 0 radical (unpaired) electrons. The van der Waals surface area contributed by atoms with E-state index in [0.717, 1.165) is 0 Å². The van der Waals surface area contributed by atoms with E-state index in [1.807, 2.05) is 0 Å². The number of halogens is 2. The monoisotopic (exact) mass is 300 g/mol. The number of hydrogen-bond acceptors (Lipinski definition) is 1. The summed E-state index contributed by atoms with van der Waals surface area (Å²) in [6, 6.07) is 0. The van der Waals surface area contributed by atoms with E-state index in [4.69, 9.17) is 11.1 Å². The van der Waals surface area contributed by atoms with Gasteiger partial charge in [-0.25, -0.2) is 0 Å². The van der Waals surface area contributed by atoms with E-state index in [1.54, 1.807) is 20.0 Å². The van der Waals surface area contributed by atoms with Crippen LogP contribution in [0.3, 0.4) is 0 Å². The van der Waals surface area contributed by atoms with Crippen LogP contribution in [0.1, 0.15) is 0 Å². The number of nitrogens with one attached hydrogen (secondary N) is 1. The van der Waals surface area contributed by atoms with E-state index in [0.29, 0.717) is 0 Å². The van der Waals surface area contributed by atoms with Crippen LogP contribution in [0, 0.1) is 0 Å². The molecule has 2 nitrogen and oxygen atoms in total. The first-order valence-corrected chi connectivity index (χ1v) is 3.02. The quantitative estimate of drug-likeness (QED) is 0.535. The van der Waals surface area contributed by atoms with Crippen molar-refractivity contribution in [2.24, 2.45) is 0 Å². The van der Waals surface area contributed by atoms with E-state index in [9.17, 15) is 0 Å². The van der Waals surface area contributed by atoms with Crippen LogP contribution in [0.25, 0.3) is 5.90 Å². The second-order valence-electron chi connectivity index (χ2n) is 0. The minimum atomic E-state index is 0. The maximum atomic E-state index is 6.25. The van der Waals surface area contributed by atoms with Crippen molar-refractivity contribution < 1.29 is 25.2 Å². The van der Waals surface area contributed by atoms with Crippen LogP contribution in [0.2, 0.25) is 0 Å². The molecule has 0 aliphatic rings. The SMILES string of the molecule is Cl.[Cl][Au].[NH-]O. The largest absolute Gasteiger partial charge is 0.553 e. The average Bonchev–Trinajstić information content (AvgIpc) is 1.50. The summed E-state index contributed by atoms with van der Waals surface area (Å²) in [6.07, 6.45) is 0. The third-order valence-corrected chi connectivity index (χ3v) is 0. The van der Waals surface area contributed by atoms with Crippen LogP contribution < -0.4 is 0 Å². The minimum absolute atomic E-state index is 0. The zero-order chi connectivity index (χ0) is 4.00. The van der Waals surface area contributed by atoms with Crippen molar-refractivity contribution in [2.45, 2.75) is 0 Å². The normalized spacial score (nSPS) is 2.60. The molecule has 40 valence electrons. The topological polar surface area (TPSA) is 44.0 Å². The van der Waals surface area contributed by atoms with E-state index in [-0.39, 0.29) is 12.4 Å². The summed E-state index contributed by atoms with van der Waals surface area (Å²) in [4.78, 5) is 0. The van der Waals surface area contributed by atoms with Crippen LogP contribution in [-0.4, -0.2) is 5.21 Å². The van der Waals surface area contributed by atoms with Crippen LogP contribution in [0.15, 0.2) is 0 Å². The molecule has 0 saturated carbocycles. The van der Waals surface area contributed by atoms with Gasteiger partial charge in [0.1, 0.15) is 0 Å². The molecule has 0 unspecified atom stereocenters. The Labute approximate surface area is 52.8 Å². The Bertz CT molecular complexity index is 9.61. The zero-order valence-electron chi connectivity index (χ0n) is 2.03. The third-order valence-electron chi connectivity index (χ3n) is 0. The molecule has 0 atom stereocenters. The van der Waals surface area contributed by atoms with Gasteiger partial charge in [0.15, 0.2) is 0 Å². The Hall–Kier alpha value is 1.24. The van der Waals surface area contributed by atoms with Crippen LogP contribution in [0.4, 0.5) is 0 Å². The second kappa shape index (κ2) is 61.3. The van der Waals surface area contributed by atoms with Gasteiger partial charge in [0.2, 0.25) is 0 Å². The summed E-state index contributed by atoms with van der Waals surface area (Å²) in [7, 11) is 4.58. The van der Waals surface area contributed by atoms with Crippen LogP contribution >= 0.6 is 21.6 Å². The molecule has 0 aromatic rings. The molecule has 0 rings (SSSR count). The smallest absolute Gasteiger partial charge is 0.502 e. The first-order valence-electron chi connectivity index (χ1n) is 0.338. The van der Waals surface area contributed by atoms with Crippen molar-refractivity contribution >= 4 is 21.6 Å². The molecule has 0 bridgehead atoms. The van der Waals surface area contributed by atoms with Gasteiger partial charge in [-0.15, -0.1) is 12.4 Å².